The van der Waals surface area contributed by atoms with E-state index in [0.29, 0.717) is 5.92 Å². The minimum Gasteiger partial charge on any atom is -0.481 e. The van der Waals surface area contributed by atoms with Crippen LogP contribution in [0.5, 0.6) is 5.75 Å². The first-order valence-electron chi connectivity index (χ1n) is 8.94. The van der Waals surface area contributed by atoms with Crippen LogP contribution in [-0.4, -0.2) is 28.1 Å². The van der Waals surface area contributed by atoms with E-state index in [-0.39, 0.29) is 11.3 Å². The number of hydrogen-bond acceptors (Lipinski definition) is 4. The number of carbonyl (C=O) groups excluding carboxylic acids is 1. The van der Waals surface area contributed by atoms with Crippen LogP contribution in [0.3, 0.4) is 0 Å². The molecule has 2 aromatic carbocycles. The molecular weight excluding hydrogens is 360 g/mol. The maximum absolute atomic E-state index is 10.8. The Bertz CT molecular complexity index is 808. The maximum Gasteiger partial charge on any atom is 0.339 e. The van der Waals surface area contributed by atoms with Gasteiger partial charge >= 0.3 is 17.9 Å². The van der Waals surface area contributed by atoms with Crippen LogP contribution in [0.25, 0.3) is 0 Å². The van der Waals surface area contributed by atoms with Crippen molar-refractivity contribution in [2.45, 2.75) is 40.0 Å². The quantitative estimate of drug-likeness (QED) is 0.564. The van der Waals surface area contributed by atoms with Gasteiger partial charge in [0.05, 0.1) is 5.92 Å². The van der Waals surface area contributed by atoms with Crippen molar-refractivity contribution in [3.05, 3.63) is 65.2 Å². The second-order valence-electron chi connectivity index (χ2n) is 6.79. The third-order valence-corrected chi connectivity index (χ3v) is 3.87. The van der Waals surface area contributed by atoms with Gasteiger partial charge in [0.15, 0.2) is 0 Å². The number of carbonyl (C=O) groups is 3. The molecule has 1 unspecified atom stereocenters. The summed E-state index contributed by atoms with van der Waals surface area (Å²) < 4.78 is 4.69. The van der Waals surface area contributed by atoms with E-state index in [1.54, 1.807) is 19.1 Å². The molecule has 0 fully saturated rings. The van der Waals surface area contributed by atoms with Crippen LogP contribution in [0.4, 0.5) is 0 Å². The molecule has 0 amide bonds. The summed E-state index contributed by atoms with van der Waals surface area (Å²) in [6, 6.07) is 13.9. The van der Waals surface area contributed by atoms with Crippen molar-refractivity contribution >= 4 is 17.9 Å². The molecule has 0 bridgehead atoms. The molecule has 6 heteroatoms. The second kappa shape index (κ2) is 10.9. The summed E-state index contributed by atoms with van der Waals surface area (Å²) in [7, 11) is 0. The van der Waals surface area contributed by atoms with Crippen LogP contribution in [0.15, 0.2) is 48.5 Å². The fourth-order valence-electron chi connectivity index (χ4n) is 2.44. The predicted molar refractivity (Wildman–Crippen MR) is 106 cm³/mol. The largest absolute Gasteiger partial charge is 0.481 e. The molecule has 2 aromatic rings. The van der Waals surface area contributed by atoms with Crippen molar-refractivity contribution in [1.82, 2.24) is 0 Å². The molecule has 28 heavy (non-hydrogen) atoms. The Hall–Kier alpha value is -3.15. The predicted octanol–water partition coefficient (Wildman–Crippen LogP) is 4.38. The number of aliphatic carboxylic acids is 1. The van der Waals surface area contributed by atoms with Gasteiger partial charge in [-0.15, -0.1) is 0 Å². The molecule has 0 saturated carbocycles. The average molecular weight is 386 g/mol. The Kier molecular flexibility index (Phi) is 8.88. The fourth-order valence-corrected chi connectivity index (χ4v) is 2.44. The topological polar surface area (TPSA) is 101 Å². The fraction of sp³-hybridized carbons (Fsp3) is 0.318. The molecule has 6 nitrogen and oxygen atoms in total. The molecule has 1 atom stereocenters. The number of aromatic carboxylic acids is 1. The van der Waals surface area contributed by atoms with E-state index in [2.05, 4.69) is 18.6 Å². The maximum atomic E-state index is 10.8. The van der Waals surface area contributed by atoms with E-state index in [0.717, 1.165) is 12.0 Å². The summed E-state index contributed by atoms with van der Waals surface area (Å²) in [5.41, 5.74) is 2.12. The molecule has 0 spiro atoms. The lowest BCUT2D eigenvalue weighted by Gasteiger charge is -2.09. The molecule has 0 heterocycles. The summed E-state index contributed by atoms with van der Waals surface area (Å²) in [5, 5.41) is 17.5. The number of rotatable bonds is 6. The molecule has 150 valence electrons. The second-order valence-corrected chi connectivity index (χ2v) is 6.79. The summed E-state index contributed by atoms with van der Waals surface area (Å²) in [6.07, 6.45) is 1.04. The molecule has 2 rings (SSSR count). The summed E-state index contributed by atoms with van der Waals surface area (Å²) in [5.74, 6) is -2.13. The van der Waals surface area contributed by atoms with E-state index in [1.807, 2.05) is 24.3 Å². The highest BCUT2D eigenvalue weighted by Crippen LogP contribution is 2.18. The lowest BCUT2D eigenvalue weighted by molar-refractivity contribution is -0.138. The Morgan fingerprint density at radius 1 is 0.929 bits per heavy atom. The normalized spacial score (nSPS) is 11.2. The lowest BCUT2D eigenvalue weighted by Crippen LogP contribution is -2.07. The Morgan fingerprint density at radius 3 is 1.96 bits per heavy atom. The minimum atomic E-state index is -1.11. The van der Waals surface area contributed by atoms with E-state index in [4.69, 9.17) is 10.2 Å². The first-order chi connectivity index (χ1) is 13.1. The van der Waals surface area contributed by atoms with E-state index >= 15 is 0 Å². The van der Waals surface area contributed by atoms with Gasteiger partial charge in [0.1, 0.15) is 11.3 Å². The van der Waals surface area contributed by atoms with Crippen LogP contribution in [0.2, 0.25) is 0 Å². The molecule has 0 saturated heterocycles. The highest BCUT2D eigenvalue weighted by molar-refractivity contribution is 5.91. The summed E-state index contributed by atoms with van der Waals surface area (Å²) in [4.78, 5) is 31.9. The third-order valence-electron chi connectivity index (χ3n) is 3.87. The van der Waals surface area contributed by atoms with Crippen molar-refractivity contribution in [3.63, 3.8) is 0 Å². The van der Waals surface area contributed by atoms with Crippen molar-refractivity contribution in [2.24, 2.45) is 5.92 Å². The molecule has 2 N–H and O–H groups in total. The van der Waals surface area contributed by atoms with Gasteiger partial charge in [-0.25, -0.2) is 4.79 Å². The zero-order chi connectivity index (χ0) is 21.3. The van der Waals surface area contributed by atoms with Crippen LogP contribution in [0, 0.1) is 5.92 Å². The number of ether oxygens (including phenoxy) is 1. The SMILES string of the molecule is CC(=O)Oc1ccccc1C(=O)O.CC(C)Cc1ccc(C(C)C(=O)O)cc1. The molecule has 0 aromatic heterocycles. The van der Waals surface area contributed by atoms with Gasteiger partial charge in [0.25, 0.3) is 0 Å². The van der Waals surface area contributed by atoms with Crippen LogP contribution in [0.1, 0.15) is 55.1 Å². The van der Waals surface area contributed by atoms with Gasteiger partial charge in [-0.3, -0.25) is 9.59 Å². The van der Waals surface area contributed by atoms with Gasteiger partial charge in [-0.2, -0.15) is 0 Å². The number of carboxylic acids is 2. The molecular formula is C22H26O6. The van der Waals surface area contributed by atoms with Crippen molar-refractivity contribution in [2.75, 3.05) is 0 Å². The lowest BCUT2D eigenvalue weighted by atomic mass is 9.97. The highest BCUT2D eigenvalue weighted by Gasteiger charge is 2.13. The smallest absolute Gasteiger partial charge is 0.339 e. The number of para-hydroxylation sites is 1. The van der Waals surface area contributed by atoms with E-state index in [1.165, 1.54) is 24.6 Å². The third kappa shape index (κ3) is 7.61. The monoisotopic (exact) mass is 386 g/mol. The molecule has 0 aliphatic rings. The molecule has 0 aliphatic heterocycles. The minimum absolute atomic E-state index is 0.0160. The van der Waals surface area contributed by atoms with Gasteiger partial charge < -0.3 is 14.9 Å². The van der Waals surface area contributed by atoms with Gasteiger partial charge in [-0.05, 0) is 42.5 Å². The summed E-state index contributed by atoms with van der Waals surface area (Å²) >= 11 is 0. The zero-order valence-corrected chi connectivity index (χ0v) is 16.5. The Labute approximate surface area is 164 Å². The Morgan fingerprint density at radius 2 is 1.50 bits per heavy atom. The molecule has 0 radical (unpaired) electrons. The van der Waals surface area contributed by atoms with Crippen LogP contribution < -0.4 is 4.74 Å². The number of hydrogen-bond donors (Lipinski definition) is 2. The van der Waals surface area contributed by atoms with Crippen LogP contribution >= 0.6 is 0 Å². The van der Waals surface area contributed by atoms with Crippen molar-refractivity contribution in [1.29, 1.82) is 0 Å². The standard InChI is InChI=1S/C13H18O2.C9H8O4/c1-9(2)8-11-4-6-12(7-5-11)10(3)13(14)15;1-6(10)13-8-5-3-2-4-7(8)9(11)12/h4-7,9-10H,8H2,1-3H3,(H,14,15);2-5H,1H3,(H,11,12). The first-order valence-corrected chi connectivity index (χ1v) is 8.94. The highest BCUT2D eigenvalue weighted by atomic mass is 16.5. The van der Waals surface area contributed by atoms with Crippen molar-refractivity contribution in [3.8, 4) is 5.75 Å². The first kappa shape index (κ1) is 22.9. The van der Waals surface area contributed by atoms with Gasteiger partial charge in [0, 0.05) is 6.92 Å². The van der Waals surface area contributed by atoms with Gasteiger partial charge in [-0.1, -0.05) is 50.2 Å². The number of esters is 1. The van der Waals surface area contributed by atoms with Crippen molar-refractivity contribution < 1.29 is 29.3 Å². The number of benzene rings is 2. The summed E-state index contributed by atoms with van der Waals surface area (Å²) in [6.45, 7) is 7.28. The molecule has 0 aliphatic carbocycles. The van der Waals surface area contributed by atoms with Crippen LogP contribution in [-0.2, 0) is 16.0 Å². The average Bonchev–Trinajstić information content (AvgIpc) is 2.61. The zero-order valence-electron chi connectivity index (χ0n) is 16.5. The van der Waals surface area contributed by atoms with E-state index in [9.17, 15) is 14.4 Å². The number of carboxylic acid groups (broad SMARTS) is 2. The Balaban J connectivity index is 0.000000283. The van der Waals surface area contributed by atoms with E-state index < -0.39 is 23.8 Å². The van der Waals surface area contributed by atoms with Gasteiger partial charge in [0.2, 0.25) is 0 Å².